The minimum atomic E-state index is -1.65. The number of hydrogen-bond donors (Lipinski definition) is 12. The molecule has 1 aromatic heterocycles. The summed E-state index contributed by atoms with van der Waals surface area (Å²) in [6.07, 6.45) is -0.326. The lowest BCUT2D eigenvalue weighted by Crippen LogP contribution is -2.62. The first-order chi connectivity index (χ1) is 34.1. The van der Waals surface area contributed by atoms with E-state index in [1.807, 2.05) is 60.7 Å². The van der Waals surface area contributed by atoms with Crippen molar-refractivity contribution in [1.82, 2.24) is 36.9 Å². The molecule has 5 rings (SSSR count). The highest BCUT2D eigenvalue weighted by Gasteiger charge is 2.36. The summed E-state index contributed by atoms with van der Waals surface area (Å²) in [5.41, 5.74) is 15.1. The first-order valence-electron chi connectivity index (χ1n) is 23.7. The summed E-state index contributed by atoms with van der Waals surface area (Å²) < 4.78 is 0. The Balaban J connectivity index is 1.56. The van der Waals surface area contributed by atoms with Crippen LogP contribution in [0.2, 0.25) is 0 Å². The first-order valence-corrected chi connectivity index (χ1v) is 26.2. The highest BCUT2D eigenvalue weighted by atomic mass is 33.1. The number of benzene rings is 3. The van der Waals surface area contributed by atoms with E-state index in [-0.39, 0.29) is 50.2 Å². The molecule has 71 heavy (non-hydrogen) atoms. The molecule has 3 aromatic carbocycles. The van der Waals surface area contributed by atoms with Crippen LogP contribution >= 0.6 is 21.6 Å². The fourth-order valence-electron chi connectivity index (χ4n) is 7.99. The van der Waals surface area contributed by atoms with E-state index < -0.39 is 108 Å². The maximum Gasteiger partial charge on any atom is 0.245 e. The number of H-pyrrole nitrogens is 1. The predicted molar refractivity (Wildman–Crippen MR) is 273 cm³/mol. The fourth-order valence-corrected chi connectivity index (χ4v) is 10.3. The van der Waals surface area contributed by atoms with Crippen molar-refractivity contribution in [2.75, 3.05) is 24.7 Å². The zero-order valence-corrected chi connectivity index (χ0v) is 41.5. The number of rotatable bonds is 17. The van der Waals surface area contributed by atoms with Crippen molar-refractivity contribution in [3.05, 3.63) is 108 Å². The second kappa shape index (κ2) is 28.3. The Kier molecular flexibility index (Phi) is 22.4. The Labute approximate surface area is 421 Å². The number of carbonyl (C=O) groups is 7. The molecule has 21 heteroatoms. The number of aliphatic hydroxyl groups excluding tert-OH is 3. The molecule has 4 aromatic rings. The number of ketones is 1. The topological polar surface area (TPSA) is 320 Å². The number of Topliss-reactive ketones (excluding diaryl/α,β-unsaturated/α-hetero) is 1. The molecule has 14 N–H and O–H groups in total. The van der Waals surface area contributed by atoms with Gasteiger partial charge in [-0.2, -0.15) is 0 Å². The number of carbonyl (C=O) groups excluding carboxylic acids is 7. The van der Waals surface area contributed by atoms with Crippen molar-refractivity contribution >= 4 is 73.7 Å². The molecular formula is C50H67N9O10S2. The summed E-state index contributed by atoms with van der Waals surface area (Å²) in [6, 6.07) is 16.4. The quantitative estimate of drug-likeness (QED) is 0.0500. The van der Waals surface area contributed by atoms with Gasteiger partial charge in [0, 0.05) is 47.4 Å². The Morgan fingerprint density at radius 2 is 1.39 bits per heavy atom. The summed E-state index contributed by atoms with van der Waals surface area (Å²) in [5.74, 6) is -6.54. The highest BCUT2D eigenvalue weighted by Crippen LogP contribution is 2.26. The summed E-state index contributed by atoms with van der Waals surface area (Å²) >= 11 is 0. The number of amides is 6. The lowest BCUT2D eigenvalue weighted by atomic mass is 9.90. The van der Waals surface area contributed by atoms with Gasteiger partial charge >= 0.3 is 0 Å². The van der Waals surface area contributed by atoms with Crippen LogP contribution in [0.5, 0.6) is 0 Å². The third kappa shape index (κ3) is 17.2. The van der Waals surface area contributed by atoms with E-state index in [1.165, 1.54) is 13.8 Å². The number of nitrogens with two attached hydrogens (primary N) is 2. The lowest BCUT2D eigenvalue weighted by molar-refractivity contribution is -0.137. The number of hydrogen-bond acceptors (Lipinski definition) is 14. The van der Waals surface area contributed by atoms with Gasteiger partial charge in [-0.05, 0) is 75.3 Å². The van der Waals surface area contributed by atoms with Crippen LogP contribution in [-0.4, -0.2) is 141 Å². The first kappa shape index (κ1) is 56.1. The molecule has 10 atom stereocenters. The van der Waals surface area contributed by atoms with Gasteiger partial charge in [-0.15, -0.1) is 0 Å². The van der Waals surface area contributed by atoms with Gasteiger partial charge in [-0.3, -0.25) is 33.6 Å². The molecule has 1 fully saturated rings. The summed E-state index contributed by atoms with van der Waals surface area (Å²) in [7, 11) is 2.13. The van der Waals surface area contributed by atoms with Crippen LogP contribution in [0.25, 0.3) is 10.9 Å². The molecule has 19 nitrogen and oxygen atoms in total. The van der Waals surface area contributed by atoms with Gasteiger partial charge in [0.25, 0.3) is 0 Å². The molecule has 0 radical (unpaired) electrons. The van der Waals surface area contributed by atoms with Gasteiger partial charge in [0.15, 0.2) is 5.78 Å². The van der Waals surface area contributed by atoms with Gasteiger partial charge in [0.1, 0.15) is 24.2 Å². The second-order valence-corrected chi connectivity index (χ2v) is 20.3. The standard InChI is InChI=1S/C50H67N9O10S2/c1-29(61)40(26-60)56-49(68)42-28-71-70-27-41(57-46(65)36(52)22-32-15-7-4-8-16-32)43(63)24-33(21-31-13-5-3-6-14-31)45(64)55-39(23-34-25-53-37-18-10-9-17-35(34)37)48(67)54-38(19-11-12-20-51)47(66)59-44(30(2)62)50(69)58-42/h3-10,13-18,25,29-30,33,36,38-42,44,53,60-62H,11-12,19-24,26-28,51-52H2,1-2H3,(H,54,67)(H,55,64)(H,56,68)(H,57,65)(H,58,69)(H,59,66)/t29?,30?,33-,36-,38+,39-,40-,41+,42+,44+/m1/s1. The van der Waals surface area contributed by atoms with Gasteiger partial charge in [-0.1, -0.05) is 100 Å². The van der Waals surface area contributed by atoms with Crippen molar-refractivity contribution < 1.29 is 48.9 Å². The summed E-state index contributed by atoms with van der Waals surface area (Å²) in [6.45, 7) is 2.25. The molecule has 0 saturated carbocycles. The molecule has 1 aliphatic rings. The minimum Gasteiger partial charge on any atom is -0.394 e. The van der Waals surface area contributed by atoms with Crippen molar-refractivity contribution in [1.29, 1.82) is 0 Å². The summed E-state index contributed by atoms with van der Waals surface area (Å²) in [4.78, 5) is 103. The number of para-hydroxylation sites is 1. The lowest BCUT2D eigenvalue weighted by Gasteiger charge is -2.29. The van der Waals surface area contributed by atoms with Gasteiger partial charge in [0.2, 0.25) is 35.4 Å². The van der Waals surface area contributed by atoms with E-state index in [2.05, 4.69) is 36.9 Å². The monoisotopic (exact) mass is 1020 g/mol. The van der Waals surface area contributed by atoms with E-state index in [4.69, 9.17) is 11.5 Å². The van der Waals surface area contributed by atoms with E-state index in [1.54, 1.807) is 30.5 Å². The van der Waals surface area contributed by atoms with E-state index >= 15 is 0 Å². The molecule has 0 aliphatic carbocycles. The minimum absolute atomic E-state index is 0.0463. The van der Waals surface area contributed by atoms with Crippen LogP contribution in [0.3, 0.4) is 0 Å². The average Bonchev–Trinajstić information content (AvgIpc) is 3.76. The van der Waals surface area contributed by atoms with E-state index in [9.17, 15) is 48.9 Å². The van der Waals surface area contributed by atoms with Crippen LogP contribution in [0.1, 0.15) is 56.2 Å². The molecule has 6 amide bonds. The van der Waals surface area contributed by atoms with Crippen molar-refractivity contribution in [2.24, 2.45) is 17.4 Å². The molecule has 384 valence electrons. The van der Waals surface area contributed by atoms with Crippen LogP contribution in [-0.2, 0) is 52.8 Å². The third-order valence-electron chi connectivity index (χ3n) is 12.2. The van der Waals surface area contributed by atoms with Crippen LogP contribution in [0, 0.1) is 5.92 Å². The maximum atomic E-state index is 14.8. The molecular weight excluding hydrogens is 951 g/mol. The van der Waals surface area contributed by atoms with Crippen molar-refractivity contribution in [3.63, 3.8) is 0 Å². The van der Waals surface area contributed by atoms with E-state index in [0.717, 1.165) is 43.6 Å². The highest BCUT2D eigenvalue weighted by molar-refractivity contribution is 8.76. The Morgan fingerprint density at radius 1 is 0.761 bits per heavy atom. The zero-order valence-electron chi connectivity index (χ0n) is 39.9. The number of unbranched alkanes of at least 4 members (excludes halogenated alkanes) is 1. The normalized spacial score (nSPS) is 22.9. The molecule has 1 saturated heterocycles. The molecule has 0 spiro atoms. The van der Waals surface area contributed by atoms with Crippen LogP contribution in [0.4, 0.5) is 0 Å². The molecule has 0 bridgehead atoms. The fraction of sp³-hybridized carbons (Fsp3) is 0.460. The Hall–Kier alpha value is -5.81. The Bertz CT molecular complexity index is 2390. The zero-order chi connectivity index (χ0) is 51.5. The number of aromatic amines is 1. The van der Waals surface area contributed by atoms with Crippen LogP contribution in [0.15, 0.2) is 91.1 Å². The van der Waals surface area contributed by atoms with Crippen molar-refractivity contribution in [2.45, 2.75) is 113 Å². The number of fused-ring (bicyclic) bond motifs is 1. The molecule has 1 aliphatic heterocycles. The number of aliphatic hydroxyl groups is 3. The van der Waals surface area contributed by atoms with Crippen LogP contribution < -0.4 is 43.4 Å². The molecule has 2 heterocycles. The number of aromatic nitrogens is 1. The van der Waals surface area contributed by atoms with Gasteiger partial charge < -0.3 is 63.7 Å². The average molecular weight is 1020 g/mol. The SMILES string of the molecule is CC(O)[C@@H]1NC(=O)[C@H](CCCCN)NC(=O)[C@@H](Cc2c[nH]c3ccccc23)NC(=O)[C@H](Cc2ccccc2)CC(=O)[C@@H](NC(=O)[C@H](N)Cc2ccccc2)CSSC[C@@H](C(=O)N[C@H](CO)C(C)O)NC1=O. The molecule has 2 unspecified atom stereocenters. The predicted octanol–water partition coefficient (Wildman–Crippen LogP) is 0.285. The largest absolute Gasteiger partial charge is 0.394 e. The summed E-state index contributed by atoms with van der Waals surface area (Å²) in [5, 5.41) is 47.9. The maximum absolute atomic E-state index is 14.8. The smallest absolute Gasteiger partial charge is 0.245 e. The third-order valence-corrected chi connectivity index (χ3v) is 14.6. The second-order valence-electron chi connectivity index (χ2n) is 17.8. The van der Waals surface area contributed by atoms with Gasteiger partial charge in [-0.25, -0.2) is 0 Å². The van der Waals surface area contributed by atoms with E-state index in [0.29, 0.717) is 18.4 Å². The van der Waals surface area contributed by atoms with Gasteiger partial charge in [0.05, 0.1) is 36.9 Å². The Morgan fingerprint density at radius 3 is 2.06 bits per heavy atom. The number of nitrogens with one attached hydrogen (secondary N) is 7. The van der Waals surface area contributed by atoms with Crippen molar-refractivity contribution in [3.8, 4) is 0 Å².